The van der Waals surface area contributed by atoms with E-state index in [-0.39, 0.29) is 5.91 Å². The Hall–Kier alpha value is -2.57. The number of unbranched alkanes of at least 4 members (excludes halogenated alkanes) is 1. The first-order chi connectivity index (χ1) is 14.0. The van der Waals surface area contributed by atoms with Gasteiger partial charge in [0.15, 0.2) is 0 Å². The number of rotatable bonds is 8. The quantitative estimate of drug-likeness (QED) is 0.605. The number of aromatic nitrogens is 1. The van der Waals surface area contributed by atoms with Crippen molar-refractivity contribution in [1.82, 2.24) is 10.3 Å². The molecule has 1 aliphatic rings. The maximum Gasteiger partial charge on any atom is 0.408 e. The highest BCUT2D eigenvalue weighted by molar-refractivity contribution is 5.94. The molecule has 2 rings (SSSR count). The molecule has 0 spiro atoms. The zero-order valence-corrected chi connectivity index (χ0v) is 19.1. The van der Waals surface area contributed by atoms with E-state index >= 15 is 0 Å². The summed E-state index contributed by atoms with van der Waals surface area (Å²) in [7, 11) is 0. The highest BCUT2D eigenvalue weighted by Crippen LogP contribution is 2.18. The molecule has 2 amide bonds. The maximum absolute atomic E-state index is 12.3. The molecule has 1 heterocycles. The van der Waals surface area contributed by atoms with Gasteiger partial charge in [0.1, 0.15) is 5.60 Å². The number of ether oxygens (including phenoxy) is 1. The first-order valence-corrected chi connectivity index (χ1v) is 10.7. The van der Waals surface area contributed by atoms with Crippen LogP contribution < -0.4 is 26.5 Å². The molecule has 0 saturated heterocycles. The van der Waals surface area contributed by atoms with E-state index in [1.807, 2.05) is 34.6 Å². The molecule has 0 unspecified atom stereocenters. The average Bonchev–Trinajstić information content (AvgIpc) is 2.63. The summed E-state index contributed by atoms with van der Waals surface area (Å²) >= 11 is 0. The summed E-state index contributed by atoms with van der Waals surface area (Å²) in [6.45, 7) is 11.9. The van der Waals surface area contributed by atoms with Crippen molar-refractivity contribution < 1.29 is 14.3 Å². The van der Waals surface area contributed by atoms with E-state index in [0.717, 1.165) is 41.9 Å². The zero-order valence-electron chi connectivity index (χ0n) is 19.1. The minimum atomic E-state index is -0.569. The molecule has 3 N–H and O–H groups in total. The highest BCUT2D eigenvalue weighted by atomic mass is 16.6. The molecule has 166 valence electrons. The van der Waals surface area contributed by atoms with Gasteiger partial charge in [-0.25, -0.2) is 4.79 Å². The normalized spacial score (nSPS) is 13.4. The largest absolute Gasteiger partial charge is 0.444 e. The fourth-order valence-corrected chi connectivity index (χ4v) is 3.13. The van der Waals surface area contributed by atoms with Gasteiger partial charge in [0.05, 0.1) is 28.5 Å². The highest BCUT2D eigenvalue weighted by Gasteiger charge is 2.25. The van der Waals surface area contributed by atoms with Crippen LogP contribution in [0.3, 0.4) is 0 Å². The van der Waals surface area contributed by atoms with Crippen molar-refractivity contribution in [1.29, 1.82) is 0 Å². The lowest BCUT2D eigenvalue weighted by atomic mass is 10.0. The summed E-state index contributed by atoms with van der Waals surface area (Å²) in [5.41, 5.74) is 0.369. The summed E-state index contributed by atoms with van der Waals surface area (Å²) in [5, 5.41) is 11.2. The molecule has 0 bridgehead atoms. The van der Waals surface area contributed by atoms with E-state index in [1.54, 1.807) is 6.20 Å². The maximum atomic E-state index is 12.3. The number of hydrogen-bond acceptors (Lipinski definition) is 5. The number of anilines is 2. The van der Waals surface area contributed by atoms with Crippen LogP contribution in [0.15, 0.2) is 6.20 Å². The fraction of sp³-hybridized carbons (Fsp3) is 0.609. The van der Waals surface area contributed by atoms with Gasteiger partial charge in [-0.15, -0.1) is 0 Å². The second-order valence-electron chi connectivity index (χ2n) is 9.35. The fourth-order valence-electron chi connectivity index (χ4n) is 3.13. The van der Waals surface area contributed by atoms with Gasteiger partial charge >= 0.3 is 6.09 Å². The lowest BCUT2D eigenvalue weighted by molar-refractivity contribution is -0.116. The number of nitrogens with zero attached hydrogens (tertiary/aromatic N) is 1. The van der Waals surface area contributed by atoms with Crippen molar-refractivity contribution in [3.05, 3.63) is 16.8 Å². The predicted octanol–water partition coefficient (Wildman–Crippen LogP) is 3.28. The number of carbonyl (C=O) groups excluding carboxylic acids is 2. The molecule has 0 saturated carbocycles. The SMILES string of the molecule is CCCCC(=O)Nc1cnc2c(c1NCC(C)(C)NC(=O)OC(C)(C)C)=CCCC=2. The van der Waals surface area contributed by atoms with Crippen LogP contribution in [0.5, 0.6) is 0 Å². The third-order valence-electron chi connectivity index (χ3n) is 4.58. The van der Waals surface area contributed by atoms with Crippen molar-refractivity contribution >= 4 is 35.5 Å². The van der Waals surface area contributed by atoms with Crippen molar-refractivity contribution in [2.75, 3.05) is 17.2 Å². The van der Waals surface area contributed by atoms with E-state index in [1.165, 1.54) is 0 Å². The van der Waals surface area contributed by atoms with Crippen molar-refractivity contribution in [3.8, 4) is 0 Å². The summed E-state index contributed by atoms with van der Waals surface area (Å²) in [5.74, 6) is -0.0208. The van der Waals surface area contributed by atoms with Crippen molar-refractivity contribution in [2.45, 2.75) is 84.8 Å². The van der Waals surface area contributed by atoms with Crippen LogP contribution in [0.2, 0.25) is 0 Å². The molecule has 0 fully saturated rings. The van der Waals surface area contributed by atoms with Gasteiger partial charge in [0.2, 0.25) is 5.91 Å². The molecular weight excluding hydrogens is 380 g/mol. The third-order valence-corrected chi connectivity index (χ3v) is 4.58. The van der Waals surface area contributed by atoms with Crippen molar-refractivity contribution in [2.24, 2.45) is 0 Å². The summed E-state index contributed by atoms with van der Waals surface area (Å²) in [6.07, 6.45) is 9.66. The van der Waals surface area contributed by atoms with Gasteiger partial charge in [-0.3, -0.25) is 9.78 Å². The Kier molecular flexibility index (Phi) is 7.87. The minimum Gasteiger partial charge on any atom is -0.444 e. The Balaban J connectivity index is 2.20. The minimum absolute atomic E-state index is 0.0208. The van der Waals surface area contributed by atoms with Crippen LogP contribution in [-0.4, -0.2) is 34.7 Å². The molecule has 7 heteroatoms. The van der Waals surface area contributed by atoms with Crippen LogP contribution in [0.25, 0.3) is 12.2 Å². The Labute approximate surface area is 179 Å². The van der Waals surface area contributed by atoms with Crippen LogP contribution >= 0.6 is 0 Å². The summed E-state index contributed by atoms with van der Waals surface area (Å²) in [6, 6.07) is 0. The van der Waals surface area contributed by atoms with Crippen LogP contribution in [0.4, 0.5) is 16.2 Å². The topological polar surface area (TPSA) is 92.4 Å². The van der Waals surface area contributed by atoms with E-state index in [2.05, 4.69) is 40.0 Å². The standard InChI is InChI=1S/C23H36N4O3/c1-7-8-13-19(28)26-18-14-24-17-12-10-9-11-16(17)20(18)25-15-23(5,6)27-21(29)30-22(2,3)4/h11-12,14,25H,7-10,13,15H2,1-6H3,(H,26,28)(H,27,29). The second-order valence-corrected chi connectivity index (χ2v) is 9.35. The third kappa shape index (κ3) is 7.35. The monoisotopic (exact) mass is 416 g/mol. The Bertz CT molecular complexity index is 885. The molecule has 1 aromatic rings. The van der Waals surface area contributed by atoms with E-state index in [0.29, 0.717) is 18.7 Å². The number of pyridine rings is 1. The van der Waals surface area contributed by atoms with Crippen LogP contribution in [0, 0.1) is 0 Å². The Morgan fingerprint density at radius 2 is 1.83 bits per heavy atom. The van der Waals surface area contributed by atoms with Gasteiger partial charge in [-0.1, -0.05) is 25.5 Å². The molecule has 0 atom stereocenters. The average molecular weight is 417 g/mol. The number of fused-ring (bicyclic) bond motifs is 1. The van der Waals surface area contributed by atoms with E-state index in [4.69, 9.17) is 4.74 Å². The predicted molar refractivity (Wildman–Crippen MR) is 122 cm³/mol. The molecular formula is C23H36N4O3. The number of nitrogens with one attached hydrogen (secondary N) is 3. The van der Waals surface area contributed by atoms with E-state index < -0.39 is 17.2 Å². The second kappa shape index (κ2) is 9.96. The number of amides is 2. The van der Waals surface area contributed by atoms with Gasteiger partial charge in [0.25, 0.3) is 0 Å². The van der Waals surface area contributed by atoms with Crippen LogP contribution in [-0.2, 0) is 9.53 Å². The number of carbonyl (C=O) groups is 2. The molecule has 0 radical (unpaired) electrons. The summed E-state index contributed by atoms with van der Waals surface area (Å²) in [4.78, 5) is 29.0. The smallest absolute Gasteiger partial charge is 0.408 e. The summed E-state index contributed by atoms with van der Waals surface area (Å²) < 4.78 is 5.37. The number of hydrogen-bond donors (Lipinski definition) is 3. The van der Waals surface area contributed by atoms with Gasteiger partial charge in [0, 0.05) is 18.2 Å². The first kappa shape index (κ1) is 23.7. The Morgan fingerprint density at radius 3 is 2.50 bits per heavy atom. The lowest BCUT2D eigenvalue weighted by Gasteiger charge is -2.29. The van der Waals surface area contributed by atoms with Crippen molar-refractivity contribution in [3.63, 3.8) is 0 Å². The Morgan fingerprint density at radius 1 is 1.13 bits per heavy atom. The molecule has 30 heavy (non-hydrogen) atoms. The lowest BCUT2D eigenvalue weighted by Crippen LogP contribution is -2.50. The molecule has 0 aliphatic heterocycles. The zero-order chi connectivity index (χ0) is 22.4. The first-order valence-electron chi connectivity index (χ1n) is 10.7. The molecule has 7 nitrogen and oxygen atoms in total. The van der Waals surface area contributed by atoms with E-state index in [9.17, 15) is 9.59 Å². The molecule has 1 aromatic heterocycles. The number of alkyl carbamates (subject to hydrolysis) is 1. The van der Waals surface area contributed by atoms with Gasteiger partial charge in [-0.05, 0) is 53.9 Å². The van der Waals surface area contributed by atoms with Gasteiger partial charge in [-0.2, -0.15) is 0 Å². The van der Waals surface area contributed by atoms with Crippen LogP contribution in [0.1, 0.15) is 73.6 Å². The molecule has 1 aliphatic carbocycles. The van der Waals surface area contributed by atoms with Gasteiger partial charge < -0.3 is 20.7 Å². The molecule has 0 aromatic carbocycles.